The maximum Gasteiger partial charge on any atom is 0.0960 e. The molecule has 1 N–H and O–H groups in total. The van der Waals surface area contributed by atoms with E-state index in [-0.39, 0.29) is 0 Å². The van der Waals surface area contributed by atoms with Crippen LogP contribution >= 0.6 is 11.8 Å². The van der Waals surface area contributed by atoms with Crippen LogP contribution in [0, 0.1) is 0 Å². The third-order valence-corrected chi connectivity index (χ3v) is 2.95. The van der Waals surface area contributed by atoms with Crippen LogP contribution < -0.4 is 0 Å². The summed E-state index contributed by atoms with van der Waals surface area (Å²) in [5.74, 6) is 1.04. The van der Waals surface area contributed by atoms with Crippen molar-refractivity contribution in [1.82, 2.24) is 9.88 Å². The molecule has 0 amide bonds. The summed E-state index contributed by atoms with van der Waals surface area (Å²) in [7, 11) is 4.12. The number of hydrogen-bond donors (Lipinski definition) is 1. The molecule has 1 aromatic rings. The van der Waals surface area contributed by atoms with Gasteiger partial charge in [-0.15, -0.1) is 11.8 Å². The van der Waals surface area contributed by atoms with Crippen molar-refractivity contribution in [2.75, 3.05) is 26.4 Å². The van der Waals surface area contributed by atoms with Gasteiger partial charge in [-0.2, -0.15) is 0 Å². The first-order chi connectivity index (χ1) is 7.09. The largest absolute Gasteiger partial charge is 0.389 e. The fourth-order valence-corrected chi connectivity index (χ4v) is 2.01. The maximum atomic E-state index is 9.31. The molecule has 0 saturated heterocycles. The van der Waals surface area contributed by atoms with E-state index in [0.717, 1.165) is 22.9 Å². The van der Waals surface area contributed by atoms with Gasteiger partial charge in [0.2, 0.25) is 0 Å². The van der Waals surface area contributed by atoms with Crippen molar-refractivity contribution in [3.8, 4) is 0 Å². The molecule has 15 heavy (non-hydrogen) atoms. The average Bonchev–Trinajstić information content (AvgIpc) is 2.18. The van der Waals surface area contributed by atoms with Crippen molar-refractivity contribution in [2.45, 2.75) is 18.1 Å². The third kappa shape index (κ3) is 4.64. The summed E-state index contributed by atoms with van der Waals surface area (Å²) in [6.07, 6.45) is 1.31. The van der Waals surface area contributed by atoms with E-state index in [0.29, 0.717) is 0 Å². The third-order valence-electron chi connectivity index (χ3n) is 2.03. The number of aromatic nitrogens is 1. The Kier molecular flexibility index (Phi) is 5.08. The van der Waals surface area contributed by atoms with Crippen LogP contribution in [0.2, 0.25) is 0 Å². The number of pyridine rings is 1. The Hall–Kier alpha value is -0.580. The molecule has 4 heteroatoms. The maximum absolute atomic E-state index is 9.31. The van der Waals surface area contributed by atoms with Crippen molar-refractivity contribution >= 4 is 11.8 Å². The minimum absolute atomic E-state index is 0.432. The SMILES string of the molecule is C[C@H](O)c1ccc(SCCN(C)C)nc1. The van der Waals surface area contributed by atoms with Gasteiger partial charge >= 0.3 is 0 Å². The van der Waals surface area contributed by atoms with Gasteiger partial charge in [-0.1, -0.05) is 6.07 Å². The van der Waals surface area contributed by atoms with Gasteiger partial charge in [0.05, 0.1) is 11.1 Å². The van der Waals surface area contributed by atoms with Crippen LogP contribution in [-0.4, -0.2) is 41.4 Å². The smallest absolute Gasteiger partial charge is 0.0960 e. The first-order valence-electron chi connectivity index (χ1n) is 5.01. The van der Waals surface area contributed by atoms with E-state index in [1.165, 1.54) is 0 Å². The van der Waals surface area contributed by atoms with Gasteiger partial charge in [-0.05, 0) is 32.6 Å². The van der Waals surface area contributed by atoms with E-state index in [1.54, 1.807) is 24.9 Å². The minimum atomic E-state index is -0.432. The molecule has 1 atom stereocenters. The molecule has 0 aliphatic heterocycles. The van der Waals surface area contributed by atoms with E-state index in [9.17, 15) is 5.11 Å². The molecule has 0 saturated carbocycles. The predicted octanol–water partition coefficient (Wildman–Crippen LogP) is 1.79. The van der Waals surface area contributed by atoms with Crippen LogP contribution in [0.1, 0.15) is 18.6 Å². The molecule has 84 valence electrons. The summed E-state index contributed by atoms with van der Waals surface area (Å²) in [5, 5.41) is 10.3. The van der Waals surface area contributed by atoms with Crippen LogP contribution in [0.25, 0.3) is 0 Å². The van der Waals surface area contributed by atoms with E-state index in [1.807, 2.05) is 12.1 Å². The topological polar surface area (TPSA) is 36.4 Å². The lowest BCUT2D eigenvalue weighted by Crippen LogP contribution is -2.14. The molecule has 0 aromatic carbocycles. The monoisotopic (exact) mass is 226 g/mol. The molecule has 0 aliphatic rings. The Morgan fingerprint density at radius 3 is 2.67 bits per heavy atom. The van der Waals surface area contributed by atoms with E-state index >= 15 is 0 Å². The fourth-order valence-electron chi connectivity index (χ4n) is 1.06. The highest BCUT2D eigenvalue weighted by atomic mass is 32.2. The van der Waals surface area contributed by atoms with Gasteiger partial charge < -0.3 is 10.0 Å². The molecular weight excluding hydrogens is 208 g/mol. The second-order valence-electron chi connectivity index (χ2n) is 3.76. The molecule has 0 unspecified atom stereocenters. The molecular formula is C11H18N2OS. The lowest BCUT2D eigenvalue weighted by atomic mass is 10.2. The second-order valence-corrected chi connectivity index (χ2v) is 4.87. The first-order valence-corrected chi connectivity index (χ1v) is 5.99. The van der Waals surface area contributed by atoms with Gasteiger partial charge in [0, 0.05) is 18.5 Å². The Morgan fingerprint density at radius 2 is 2.20 bits per heavy atom. The van der Waals surface area contributed by atoms with Crippen LogP contribution in [0.5, 0.6) is 0 Å². The van der Waals surface area contributed by atoms with Gasteiger partial charge in [0.25, 0.3) is 0 Å². The van der Waals surface area contributed by atoms with Crippen LogP contribution in [0.4, 0.5) is 0 Å². The molecule has 0 fully saturated rings. The Morgan fingerprint density at radius 1 is 1.47 bits per heavy atom. The summed E-state index contributed by atoms with van der Waals surface area (Å²) in [6.45, 7) is 2.79. The quantitative estimate of drug-likeness (QED) is 0.777. The van der Waals surface area contributed by atoms with Gasteiger partial charge in [-0.3, -0.25) is 0 Å². The van der Waals surface area contributed by atoms with Gasteiger partial charge in [0.1, 0.15) is 0 Å². The van der Waals surface area contributed by atoms with Crippen LogP contribution in [-0.2, 0) is 0 Å². The van der Waals surface area contributed by atoms with Gasteiger partial charge in [-0.25, -0.2) is 4.98 Å². The lowest BCUT2D eigenvalue weighted by molar-refractivity contribution is 0.198. The number of hydrogen-bond acceptors (Lipinski definition) is 4. The van der Waals surface area contributed by atoms with E-state index < -0.39 is 6.10 Å². The molecule has 1 rings (SSSR count). The Labute approximate surface area is 95.5 Å². The van der Waals surface area contributed by atoms with Crippen molar-refractivity contribution in [3.05, 3.63) is 23.9 Å². The highest BCUT2D eigenvalue weighted by molar-refractivity contribution is 7.99. The van der Waals surface area contributed by atoms with Crippen molar-refractivity contribution in [3.63, 3.8) is 0 Å². The average molecular weight is 226 g/mol. The highest BCUT2D eigenvalue weighted by Gasteiger charge is 2.01. The van der Waals surface area contributed by atoms with E-state index in [2.05, 4.69) is 24.0 Å². The molecule has 1 aromatic heterocycles. The molecule has 0 bridgehead atoms. The number of nitrogens with zero attached hydrogens (tertiary/aromatic N) is 2. The molecule has 0 radical (unpaired) electrons. The molecule has 0 spiro atoms. The highest BCUT2D eigenvalue weighted by Crippen LogP contribution is 2.17. The van der Waals surface area contributed by atoms with Crippen molar-refractivity contribution in [2.24, 2.45) is 0 Å². The fraction of sp³-hybridized carbons (Fsp3) is 0.545. The number of aliphatic hydroxyl groups excluding tert-OH is 1. The minimum Gasteiger partial charge on any atom is -0.389 e. The molecule has 0 aliphatic carbocycles. The first kappa shape index (κ1) is 12.5. The number of rotatable bonds is 5. The summed E-state index contributed by atoms with van der Waals surface area (Å²) in [4.78, 5) is 6.43. The van der Waals surface area contributed by atoms with Crippen LogP contribution in [0.3, 0.4) is 0 Å². The Balaban J connectivity index is 2.43. The zero-order chi connectivity index (χ0) is 11.3. The van der Waals surface area contributed by atoms with Crippen molar-refractivity contribution in [1.29, 1.82) is 0 Å². The number of thioether (sulfide) groups is 1. The zero-order valence-corrected chi connectivity index (χ0v) is 10.3. The standard InChI is InChI=1S/C11H18N2OS/c1-9(14)10-4-5-11(12-8-10)15-7-6-13(2)3/h4-5,8-9,14H,6-7H2,1-3H3/t9-/m0/s1. The molecule has 1 heterocycles. The van der Waals surface area contributed by atoms with Crippen LogP contribution in [0.15, 0.2) is 23.4 Å². The summed E-state index contributed by atoms with van der Waals surface area (Å²) < 4.78 is 0. The Bertz CT molecular complexity index is 285. The van der Waals surface area contributed by atoms with Crippen molar-refractivity contribution < 1.29 is 5.11 Å². The lowest BCUT2D eigenvalue weighted by Gasteiger charge is -2.08. The summed E-state index contributed by atoms with van der Waals surface area (Å²) >= 11 is 1.73. The summed E-state index contributed by atoms with van der Waals surface area (Å²) in [6, 6.07) is 3.89. The van der Waals surface area contributed by atoms with Gasteiger partial charge in [0.15, 0.2) is 0 Å². The number of aliphatic hydroxyl groups is 1. The van der Waals surface area contributed by atoms with E-state index in [4.69, 9.17) is 0 Å². The predicted molar refractivity (Wildman–Crippen MR) is 64.1 cm³/mol. The summed E-state index contributed by atoms with van der Waals surface area (Å²) in [5.41, 5.74) is 0.868. The zero-order valence-electron chi connectivity index (χ0n) is 9.47. The molecule has 3 nitrogen and oxygen atoms in total. The second kappa shape index (κ2) is 6.10. The normalized spacial score (nSPS) is 13.1.